The first-order valence-electron chi connectivity index (χ1n) is 6.09. The molecular formula is C13H19BrN4. The maximum absolute atomic E-state index is 4.34. The summed E-state index contributed by atoms with van der Waals surface area (Å²) in [6, 6.07) is 0.438. The van der Waals surface area contributed by atoms with E-state index in [0.717, 1.165) is 22.5 Å². The van der Waals surface area contributed by atoms with Gasteiger partial charge in [0.05, 0.1) is 18.1 Å². The van der Waals surface area contributed by atoms with Crippen molar-refractivity contribution in [2.75, 3.05) is 0 Å². The summed E-state index contributed by atoms with van der Waals surface area (Å²) in [4.78, 5) is 8.51. The Bertz CT molecular complexity index is 541. The molecule has 2 rings (SSSR count). The highest BCUT2D eigenvalue weighted by molar-refractivity contribution is 9.10. The van der Waals surface area contributed by atoms with E-state index in [1.54, 1.807) is 6.20 Å². The summed E-state index contributed by atoms with van der Waals surface area (Å²) in [6.45, 7) is 9.72. The fourth-order valence-corrected chi connectivity index (χ4v) is 1.92. The van der Waals surface area contributed by atoms with Crippen molar-refractivity contribution < 1.29 is 0 Å². The monoisotopic (exact) mass is 310 g/mol. The fraction of sp³-hybridized carbons (Fsp3) is 0.538. The van der Waals surface area contributed by atoms with Gasteiger partial charge in [-0.15, -0.1) is 0 Å². The molecule has 5 heteroatoms. The minimum absolute atomic E-state index is 0.253. The SMILES string of the molecule is CC(NCc1cnc2cnc(Br)cn12)C(C)(C)C. The summed E-state index contributed by atoms with van der Waals surface area (Å²) >= 11 is 3.38. The first-order chi connectivity index (χ1) is 8.38. The Morgan fingerprint density at radius 1 is 1.33 bits per heavy atom. The van der Waals surface area contributed by atoms with Crippen LogP contribution in [0, 0.1) is 5.41 Å². The van der Waals surface area contributed by atoms with Gasteiger partial charge < -0.3 is 5.32 Å². The van der Waals surface area contributed by atoms with Crippen molar-refractivity contribution in [1.82, 2.24) is 19.7 Å². The van der Waals surface area contributed by atoms with Crippen molar-refractivity contribution in [2.24, 2.45) is 5.41 Å². The zero-order chi connectivity index (χ0) is 13.3. The second-order valence-electron chi connectivity index (χ2n) is 5.66. The van der Waals surface area contributed by atoms with Crippen molar-refractivity contribution >= 4 is 21.6 Å². The van der Waals surface area contributed by atoms with E-state index in [4.69, 9.17) is 0 Å². The Balaban J connectivity index is 2.15. The quantitative estimate of drug-likeness (QED) is 0.947. The molecule has 0 aromatic carbocycles. The van der Waals surface area contributed by atoms with Gasteiger partial charge in [0.1, 0.15) is 4.60 Å². The molecule has 4 nitrogen and oxygen atoms in total. The molecule has 0 amide bonds. The molecule has 18 heavy (non-hydrogen) atoms. The standard InChI is InChI=1S/C13H19BrN4/c1-9(13(2,3)4)15-5-10-6-17-12-7-16-11(14)8-18(10)12/h6-9,15H,5H2,1-4H3. The van der Waals surface area contributed by atoms with E-state index in [1.165, 1.54) is 0 Å². The van der Waals surface area contributed by atoms with Crippen LogP contribution in [-0.4, -0.2) is 20.4 Å². The van der Waals surface area contributed by atoms with Crippen LogP contribution in [0.25, 0.3) is 5.65 Å². The minimum Gasteiger partial charge on any atom is -0.308 e. The number of aromatic nitrogens is 3. The lowest BCUT2D eigenvalue weighted by molar-refractivity contribution is 0.284. The zero-order valence-corrected chi connectivity index (χ0v) is 12.8. The Morgan fingerprint density at radius 3 is 2.72 bits per heavy atom. The Hall–Kier alpha value is -0.940. The summed E-state index contributed by atoms with van der Waals surface area (Å²) in [6.07, 6.45) is 5.60. The van der Waals surface area contributed by atoms with E-state index in [2.05, 4.69) is 63.3 Å². The summed E-state index contributed by atoms with van der Waals surface area (Å²) in [5.74, 6) is 0. The molecule has 1 unspecified atom stereocenters. The third-order valence-electron chi connectivity index (χ3n) is 3.33. The molecule has 1 atom stereocenters. The van der Waals surface area contributed by atoms with Gasteiger partial charge in [-0.3, -0.25) is 4.40 Å². The molecular weight excluding hydrogens is 292 g/mol. The van der Waals surface area contributed by atoms with Crippen LogP contribution in [0.4, 0.5) is 0 Å². The van der Waals surface area contributed by atoms with Crippen molar-refractivity contribution in [3.8, 4) is 0 Å². The minimum atomic E-state index is 0.253. The molecule has 98 valence electrons. The molecule has 0 bridgehead atoms. The number of halogens is 1. The van der Waals surface area contributed by atoms with Crippen molar-refractivity contribution in [3.05, 3.63) is 28.9 Å². The normalized spacial score (nSPS) is 14.1. The number of rotatable bonds is 3. The molecule has 2 heterocycles. The predicted octanol–water partition coefficient (Wildman–Crippen LogP) is 3.02. The molecule has 0 saturated heterocycles. The number of nitrogens with zero attached hydrogens (tertiary/aromatic N) is 3. The van der Waals surface area contributed by atoms with E-state index < -0.39 is 0 Å². The van der Waals surface area contributed by atoms with Gasteiger partial charge in [0.2, 0.25) is 0 Å². The lowest BCUT2D eigenvalue weighted by Crippen LogP contribution is -2.37. The molecule has 0 aliphatic carbocycles. The topological polar surface area (TPSA) is 42.2 Å². The van der Waals surface area contributed by atoms with E-state index in [0.29, 0.717) is 6.04 Å². The average Bonchev–Trinajstić information content (AvgIpc) is 2.67. The smallest absolute Gasteiger partial charge is 0.155 e. The van der Waals surface area contributed by atoms with Crippen LogP contribution >= 0.6 is 15.9 Å². The van der Waals surface area contributed by atoms with Gasteiger partial charge in [-0.05, 0) is 28.3 Å². The predicted molar refractivity (Wildman–Crippen MR) is 76.4 cm³/mol. The van der Waals surface area contributed by atoms with Crippen LogP contribution in [0.5, 0.6) is 0 Å². The van der Waals surface area contributed by atoms with Crippen LogP contribution in [0.1, 0.15) is 33.4 Å². The number of hydrogen-bond acceptors (Lipinski definition) is 3. The number of hydrogen-bond donors (Lipinski definition) is 1. The third kappa shape index (κ3) is 2.90. The lowest BCUT2D eigenvalue weighted by Gasteiger charge is -2.28. The van der Waals surface area contributed by atoms with Crippen LogP contribution in [-0.2, 0) is 6.54 Å². The van der Waals surface area contributed by atoms with E-state index in [-0.39, 0.29) is 5.41 Å². The number of fused-ring (bicyclic) bond motifs is 1. The second-order valence-corrected chi connectivity index (χ2v) is 6.47. The highest BCUT2D eigenvalue weighted by Crippen LogP contribution is 2.19. The molecule has 0 spiro atoms. The summed E-state index contributed by atoms with van der Waals surface area (Å²) in [5.41, 5.74) is 2.27. The van der Waals surface area contributed by atoms with Gasteiger partial charge in [-0.1, -0.05) is 20.8 Å². The van der Waals surface area contributed by atoms with Crippen molar-refractivity contribution in [3.63, 3.8) is 0 Å². The Kier molecular flexibility index (Phi) is 3.73. The van der Waals surface area contributed by atoms with E-state index in [1.807, 2.05) is 12.4 Å². The number of imidazole rings is 1. The van der Waals surface area contributed by atoms with Crippen LogP contribution in [0.2, 0.25) is 0 Å². The van der Waals surface area contributed by atoms with Crippen molar-refractivity contribution in [1.29, 1.82) is 0 Å². The molecule has 0 aliphatic rings. The van der Waals surface area contributed by atoms with Gasteiger partial charge in [-0.25, -0.2) is 9.97 Å². The third-order valence-corrected chi connectivity index (χ3v) is 3.74. The second kappa shape index (κ2) is 4.97. The van der Waals surface area contributed by atoms with Crippen LogP contribution < -0.4 is 5.32 Å². The molecule has 2 aromatic rings. The molecule has 1 N–H and O–H groups in total. The summed E-state index contributed by atoms with van der Waals surface area (Å²) in [7, 11) is 0. The van der Waals surface area contributed by atoms with E-state index in [9.17, 15) is 0 Å². The van der Waals surface area contributed by atoms with Gasteiger partial charge in [-0.2, -0.15) is 0 Å². The molecule has 0 fully saturated rings. The average molecular weight is 311 g/mol. The fourth-order valence-electron chi connectivity index (χ4n) is 1.61. The maximum atomic E-state index is 4.34. The van der Waals surface area contributed by atoms with E-state index >= 15 is 0 Å². The molecule has 0 radical (unpaired) electrons. The van der Waals surface area contributed by atoms with Crippen LogP contribution in [0.15, 0.2) is 23.2 Å². The van der Waals surface area contributed by atoms with Crippen molar-refractivity contribution in [2.45, 2.75) is 40.3 Å². The molecule has 0 saturated carbocycles. The summed E-state index contributed by atoms with van der Waals surface area (Å²) in [5, 5.41) is 3.54. The largest absolute Gasteiger partial charge is 0.308 e. The van der Waals surface area contributed by atoms with Gasteiger partial charge in [0, 0.05) is 18.8 Å². The lowest BCUT2D eigenvalue weighted by atomic mass is 9.88. The first kappa shape index (κ1) is 13.5. The van der Waals surface area contributed by atoms with Gasteiger partial charge in [0.15, 0.2) is 5.65 Å². The summed E-state index contributed by atoms with van der Waals surface area (Å²) < 4.78 is 2.87. The number of nitrogens with one attached hydrogen (secondary N) is 1. The maximum Gasteiger partial charge on any atom is 0.155 e. The molecule has 0 aliphatic heterocycles. The Labute approximate surface area is 116 Å². The highest BCUT2D eigenvalue weighted by atomic mass is 79.9. The van der Waals surface area contributed by atoms with Gasteiger partial charge in [0.25, 0.3) is 0 Å². The van der Waals surface area contributed by atoms with Crippen LogP contribution in [0.3, 0.4) is 0 Å². The highest BCUT2D eigenvalue weighted by Gasteiger charge is 2.19. The van der Waals surface area contributed by atoms with Gasteiger partial charge >= 0.3 is 0 Å². The Morgan fingerprint density at radius 2 is 2.06 bits per heavy atom. The zero-order valence-electron chi connectivity index (χ0n) is 11.2. The molecule has 2 aromatic heterocycles. The first-order valence-corrected chi connectivity index (χ1v) is 6.88.